The molecule has 0 aliphatic rings. The highest BCUT2D eigenvalue weighted by Crippen LogP contribution is 2.26. The Morgan fingerprint density at radius 2 is 1.96 bits per heavy atom. The number of carbonyl (C=O) groups is 1. The highest BCUT2D eigenvalue weighted by Gasteiger charge is 2.14. The summed E-state index contributed by atoms with van der Waals surface area (Å²) in [6.07, 6.45) is 0. The molecule has 0 radical (unpaired) electrons. The molecule has 0 unspecified atom stereocenters. The first-order chi connectivity index (χ1) is 10.9. The fourth-order valence-corrected chi connectivity index (χ4v) is 2.69. The van der Waals surface area contributed by atoms with Crippen molar-refractivity contribution in [2.45, 2.75) is 0 Å². The van der Waals surface area contributed by atoms with Crippen LogP contribution in [0.25, 0.3) is 0 Å². The average molecular weight is 462 g/mol. The van der Waals surface area contributed by atoms with Crippen LogP contribution in [-0.2, 0) is 0 Å². The van der Waals surface area contributed by atoms with Crippen LogP contribution in [0, 0.1) is 13.7 Å². The smallest absolute Gasteiger partial charge is 0.271 e. The SMILES string of the molecule is O=C(NC(=S)Nc1cc([N+](=O)[O-])ccc1Cl)c1ccccc1I. The Morgan fingerprint density at radius 1 is 1.26 bits per heavy atom. The monoisotopic (exact) mass is 461 g/mol. The molecule has 6 nitrogen and oxygen atoms in total. The first-order valence-corrected chi connectivity index (χ1v) is 8.06. The highest BCUT2D eigenvalue weighted by molar-refractivity contribution is 14.1. The van der Waals surface area contributed by atoms with Crippen molar-refractivity contribution < 1.29 is 9.72 Å². The third kappa shape index (κ3) is 4.60. The zero-order valence-electron chi connectivity index (χ0n) is 11.4. The largest absolute Gasteiger partial charge is 0.331 e. The number of amides is 1. The molecule has 0 fully saturated rings. The van der Waals surface area contributed by atoms with Gasteiger partial charge in [-0.15, -0.1) is 0 Å². The van der Waals surface area contributed by atoms with E-state index in [9.17, 15) is 14.9 Å². The molecule has 23 heavy (non-hydrogen) atoms. The molecule has 0 spiro atoms. The molecule has 0 atom stereocenters. The van der Waals surface area contributed by atoms with E-state index in [1.807, 2.05) is 28.7 Å². The number of hydrogen-bond acceptors (Lipinski definition) is 4. The van der Waals surface area contributed by atoms with Crippen LogP contribution in [0.4, 0.5) is 11.4 Å². The minimum atomic E-state index is -0.546. The molecule has 0 saturated heterocycles. The maximum Gasteiger partial charge on any atom is 0.271 e. The zero-order valence-corrected chi connectivity index (χ0v) is 15.1. The fraction of sp³-hybridized carbons (Fsp3) is 0. The van der Waals surface area contributed by atoms with E-state index in [0.29, 0.717) is 5.56 Å². The molecule has 2 N–H and O–H groups in total. The van der Waals surface area contributed by atoms with Crippen LogP contribution >= 0.6 is 46.4 Å². The van der Waals surface area contributed by atoms with Crippen molar-refractivity contribution in [1.29, 1.82) is 0 Å². The van der Waals surface area contributed by atoms with Gasteiger partial charge in [-0.3, -0.25) is 20.2 Å². The summed E-state index contributed by atoms with van der Waals surface area (Å²) in [5.74, 6) is -0.381. The van der Waals surface area contributed by atoms with Gasteiger partial charge in [0, 0.05) is 15.7 Å². The minimum Gasteiger partial charge on any atom is -0.331 e. The van der Waals surface area contributed by atoms with Gasteiger partial charge in [0.2, 0.25) is 0 Å². The lowest BCUT2D eigenvalue weighted by Gasteiger charge is -2.11. The maximum absolute atomic E-state index is 12.1. The Bertz CT molecular complexity index is 801. The Balaban J connectivity index is 2.11. The standard InChI is InChI=1S/C14H9ClIN3O3S/c15-10-6-5-8(19(21)22)7-12(10)17-14(23)18-13(20)9-3-1-2-4-11(9)16/h1-7H,(H2,17,18,20,23). The lowest BCUT2D eigenvalue weighted by molar-refractivity contribution is -0.384. The number of benzene rings is 2. The quantitative estimate of drug-likeness (QED) is 0.313. The van der Waals surface area contributed by atoms with Gasteiger partial charge in [0.25, 0.3) is 11.6 Å². The summed E-state index contributed by atoms with van der Waals surface area (Å²) in [4.78, 5) is 22.4. The second kappa shape index (κ2) is 7.66. The number of nitro benzene ring substituents is 1. The van der Waals surface area contributed by atoms with Crippen molar-refractivity contribution in [3.8, 4) is 0 Å². The van der Waals surface area contributed by atoms with Crippen LogP contribution in [0.15, 0.2) is 42.5 Å². The van der Waals surface area contributed by atoms with Crippen LogP contribution in [0.2, 0.25) is 5.02 Å². The summed E-state index contributed by atoms with van der Waals surface area (Å²) in [6.45, 7) is 0. The molecule has 0 aliphatic heterocycles. The van der Waals surface area contributed by atoms with Crippen LogP contribution in [-0.4, -0.2) is 15.9 Å². The minimum absolute atomic E-state index is 0.00273. The van der Waals surface area contributed by atoms with Gasteiger partial charge in [-0.1, -0.05) is 23.7 Å². The number of carbonyl (C=O) groups excluding carboxylic acids is 1. The number of hydrogen-bond donors (Lipinski definition) is 2. The van der Waals surface area contributed by atoms with Gasteiger partial charge in [-0.25, -0.2) is 0 Å². The Hall–Kier alpha value is -1.78. The molecule has 0 heterocycles. The van der Waals surface area contributed by atoms with E-state index in [2.05, 4.69) is 10.6 Å². The number of halogens is 2. The highest BCUT2D eigenvalue weighted by atomic mass is 127. The molecular formula is C14H9ClIN3O3S. The lowest BCUT2D eigenvalue weighted by Crippen LogP contribution is -2.34. The molecule has 0 saturated carbocycles. The first-order valence-electron chi connectivity index (χ1n) is 6.19. The van der Waals surface area contributed by atoms with Gasteiger partial charge >= 0.3 is 0 Å². The van der Waals surface area contributed by atoms with E-state index in [1.165, 1.54) is 18.2 Å². The third-order valence-corrected chi connectivity index (χ3v) is 4.23. The van der Waals surface area contributed by atoms with Crippen molar-refractivity contribution in [3.63, 3.8) is 0 Å². The van der Waals surface area contributed by atoms with Gasteiger partial charge < -0.3 is 5.32 Å². The van der Waals surface area contributed by atoms with E-state index >= 15 is 0 Å². The Labute approximate surface area is 155 Å². The molecule has 2 aromatic rings. The van der Waals surface area contributed by atoms with Crippen molar-refractivity contribution in [1.82, 2.24) is 5.32 Å². The molecule has 0 bridgehead atoms. The van der Waals surface area contributed by atoms with Crippen molar-refractivity contribution in [2.24, 2.45) is 0 Å². The molecule has 2 rings (SSSR count). The summed E-state index contributed by atoms with van der Waals surface area (Å²) in [5.41, 5.74) is 0.583. The molecule has 2 aromatic carbocycles. The maximum atomic E-state index is 12.1. The summed E-state index contributed by atoms with van der Waals surface area (Å²) in [5, 5.41) is 16.2. The Kier molecular flexibility index (Phi) is 5.85. The number of thiocarbonyl (C=S) groups is 1. The number of nitrogens with one attached hydrogen (secondary N) is 2. The number of nitro groups is 1. The van der Waals surface area contributed by atoms with E-state index in [4.69, 9.17) is 23.8 Å². The summed E-state index contributed by atoms with van der Waals surface area (Å²) in [7, 11) is 0. The summed E-state index contributed by atoms with van der Waals surface area (Å²) in [6, 6.07) is 10.9. The summed E-state index contributed by atoms with van der Waals surface area (Å²) >= 11 is 13.1. The fourth-order valence-electron chi connectivity index (χ4n) is 1.69. The van der Waals surface area contributed by atoms with Crippen molar-refractivity contribution in [2.75, 3.05) is 5.32 Å². The van der Waals surface area contributed by atoms with Crippen LogP contribution in [0.1, 0.15) is 10.4 Å². The predicted octanol–water partition coefficient (Wildman–Crippen LogP) is 3.98. The molecule has 9 heteroatoms. The molecule has 0 aliphatic carbocycles. The number of anilines is 1. The molecule has 0 aromatic heterocycles. The molecule has 118 valence electrons. The first kappa shape index (κ1) is 17.6. The van der Waals surface area contributed by atoms with Crippen molar-refractivity contribution >= 4 is 68.8 Å². The second-order valence-corrected chi connectivity index (χ2v) is 6.29. The van der Waals surface area contributed by atoms with Gasteiger partial charge in [0.1, 0.15) is 0 Å². The number of rotatable bonds is 3. The Morgan fingerprint density at radius 3 is 2.61 bits per heavy atom. The number of nitrogens with zero attached hydrogens (tertiary/aromatic N) is 1. The lowest BCUT2D eigenvalue weighted by atomic mass is 10.2. The van der Waals surface area contributed by atoms with Crippen LogP contribution in [0.3, 0.4) is 0 Å². The summed E-state index contributed by atoms with van der Waals surface area (Å²) < 4.78 is 0.777. The number of non-ortho nitro benzene ring substituents is 1. The van der Waals surface area contributed by atoms with Gasteiger partial charge in [-0.05, 0) is 53.0 Å². The van der Waals surface area contributed by atoms with Crippen LogP contribution < -0.4 is 10.6 Å². The van der Waals surface area contributed by atoms with Gasteiger partial charge in [0.15, 0.2) is 5.11 Å². The normalized spacial score (nSPS) is 10.0. The predicted molar refractivity (Wildman–Crippen MR) is 101 cm³/mol. The second-order valence-electron chi connectivity index (χ2n) is 4.31. The average Bonchev–Trinajstić information content (AvgIpc) is 2.49. The molecule has 1 amide bonds. The van der Waals surface area contributed by atoms with Gasteiger partial charge in [0.05, 0.1) is 21.2 Å². The van der Waals surface area contributed by atoms with E-state index in [1.54, 1.807) is 18.2 Å². The van der Waals surface area contributed by atoms with Gasteiger partial charge in [-0.2, -0.15) is 0 Å². The topological polar surface area (TPSA) is 84.3 Å². The van der Waals surface area contributed by atoms with Crippen LogP contribution in [0.5, 0.6) is 0 Å². The zero-order chi connectivity index (χ0) is 17.0. The third-order valence-electron chi connectivity index (χ3n) is 2.75. The van der Waals surface area contributed by atoms with E-state index < -0.39 is 4.92 Å². The van der Waals surface area contributed by atoms with E-state index in [-0.39, 0.29) is 27.4 Å². The molecular weight excluding hydrogens is 453 g/mol. The van der Waals surface area contributed by atoms with Crippen molar-refractivity contribution in [3.05, 3.63) is 66.7 Å². The van der Waals surface area contributed by atoms with E-state index in [0.717, 1.165) is 3.57 Å².